The molecule has 0 saturated carbocycles. The van der Waals surface area contributed by atoms with E-state index in [-0.39, 0.29) is 18.0 Å². The second kappa shape index (κ2) is 10.1. The van der Waals surface area contributed by atoms with Crippen molar-refractivity contribution in [3.8, 4) is 23.0 Å². The third-order valence-corrected chi connectivity index (χ3v) is 6.32. The summed E-state index contributed by atoms with van der Waals surface area (Å²) in [6.45, 7) is 4.10. The molecule has 0 radical (unpaired) electrons. The van der Waals surface area contributed by atoms with Crippen molar-refractivity contribution in [1.29, 1.82) is 0 Å². The Labute approximate surface area is 191 Å². The average Bonchev–Trinajstić information content (AvgIpc) is 3.33. The fourth-order valence-electron chi connectivity index (χ4n) is 3.83. The topological polar surface area (TPSA) is 82.1 Å². The van der Waals surface area contributed by atoms with Crippen molar-refractivity contribution in [2.75, 3.05) is 0 Å². The third kappa shape index (κ3) is 5.85. The highest BCUT2D eigenvalue weighted by Gasteiger charge is 2.49. The van der Waals surface area contributed by atoms with E-state index in [1.807, 2.05) is 19.1 Å². The number of phenols is 1. The number of alkyl halides is 3. The Hall–Kier alpha value is -2.62. The van der Waals surface area contributed by atoms with Crippen molar-refractivity contribution < 1.29 is 40.4 Å². The van der Waals surface area contributed by atoms with Crippen LogP contribution in [0.4, 0.5) is 13.2 Å². The first kappa shape index (κ1) is 25.0. The Morgan fingerprint density at radius 1 is 0.939 bits per heavy atom. The summed E-state index contributed by atoms with van der Waals surface area (Å²) in [5, 5.41) is 9.54. The molecule has 0 spiro atoms. The molecule has 0 aliphatic carbocycles. The average molecular weight is 489 g/mol. The fraction of sp³-hybridized carbons (Fsp3) is 0.478. The van der Waals surface area contributed by atoms with Crippen molar-refractivity contribution in [2.24, 2.45) is 0 Å². The van der Waals surface area contributed by atoms with Crippen LogP contribution in [0.3, 0.4) is 0 Å². The van der Waals surface area contributed by atoms with Crippen molar-refractivity contribution >= 4 is 10.1 Å². The zero-order valence-electron chi connectivity index (χ0n) is 18.4. The van der Waals surface area contributed by atoms with E-state index in [1.165, 1.54) is 12.1 Å². The molecule has 2 atom stereocenters. The first-order valence-corrected chi connectivity index (χ1v) is 12.2. The van der Waals surface area contributed by atoms with Gasteiger partial charge in [0.15, 0.2) is 0 Å². The maximum atomic E-state index is 12.3. The molecule has 0 bridgehead atoms. The van der Waals surface area contributed by atoms with Gasteiger partial charge in [0, 0.05) is 24.0 Å². The summed E-state index contributed by atoms with van der Waals surface area (Å²) >= 11 is 0. The molecule has 0 saturated heterocycles. The SMILES string of the molecule is CCCC1Cc2c(O)cccc2O1.CCCC1Cc2c(cccc2OS(=O)(=O)C(F)(F)F)O1. The molecule has 2 unspecified atom stereocenters. The molecule has 6 nitrogen and oxygen atoms in total. The van der Waals surface area contributed by atoms with Crippen LogP contribution in [0.25, 0.3) is 0 Å². The molecular formula is C23H27F3O6S. The third-order valence-electron chi connectivity index (χ3n) is 5.35. The summed E-state index contributed by atoms with van der Waals surface area (Å²) in [6.07, 6.45) is 5.09. The number of rotatable bonds is 6. The largest absolute Gasteiger partial charge is 0.534 e. The molecule has 0 fully saturated rings. The molecule has 10 heteroatoms. The monoisotopic (exact) mass is 488 g/mol. The van der Waals surface area contributed by atoms with Crippen LogP contribution >= 0.6 is 0 Å². The van der Waals surface area contributed by atoms with E-state index in [0.29, 0.717) is 23.5 Å². The summed E-state index contributed by atoms with van der Waals surface area (Å²) in [5.74, 6) is 1.28. The number of aromatic hydroxyl groups is 1. The summed E-state index contributed by atoms with van der Waals surface area (Å²) in [4.78, 5) is 0. The number of halogens is 3. The van der Waals surface area contributed by atoms with E-state index in [2.05, 4.69) is 11.1 Å². The van der Waals surface area contributed by atoms with Gasteiger partial charge in [-0.05, 0) is 37.1 Å². The van der Waals surface area contributed by atoms with E-state index in [1.54, 1.807) is 12.1 Å². The molecule has 1 N–H and O–H groups in total. The van der Waals surface area contributed by atoms with Crippen molar-refractivity contribution in [2.45, 2.75) is 70.1 Å². The maximum absolute atomic E-state index is 12.3. The van der Waals surface area contributed by atoms with Crippen LogP contribution in [0.1, 0.15) is 50.7 Å². The molecule has 33 heavy (non-hydrogen) atoms. The Bertz CT molecular complexity index is 1070. The lowest BCUT2D eigenvalue weighted by atomic mass is 10.1. The van der Waals surface area contributed by atoms with Crippen LogP contribution in [-0.4, -0.2) is 31.2 Å². The molecule has 182 valence electrons. The van der Waals surface area contributed by atoms with E-state index in [4.69, 9.17) is 9.47 Å². The summed E-state index contributed by atoms with van der Waals surface area (Å²) in [7, 11) is -5.66. The molecule has 0 amide bonds. The Balaban J connectivity index is 0.000000203. The summed E-state index contributed by atoms with van der Waals surface area (Å²) < 4.78 is 74.5. The van der Waals surface area contributed by atoms with Crippen LogP contribution in [0.5, 0.6) is 23.0 Å². The summed E-state index contributed by atoms with van der Waals surface area (Å²) in [6, 6.07) is 9.63. The maximum Gasteiger partial charge on any atom is 0.534 e. The standard InChI is InChI=1S/C12H13F3O4S.C11H14O2/c1-2-4-8-7-9-10(18-8)5-3-6-11(9)19-20(16,17)12(13,14)15;1-2-4-8-7-9-10(12)5-3-6-11(9)13-8/h3,5-6,8H,2,4,7H2,1H3;3,5-6,8,12H,2,4,7H2,1H3. The lowest BCUT2D eigenvalue weighted by molar-refractivity contribution is -0.0500. The zero-order valence-corrected chi connectivity index (χ0v) is 19.2. The number of benzene rings is 2. The fourth-order valence-corrected chi connectivity index (χ4v) is 4.32. The highest BCUT2D eigenvalue weighted by atomic mass is 32.2. The lowest BCUT2D eigenvalue weighted by Crippen LogP contribution is -2.28. The zero-order chi connectivity index (χ0) is 24.2. The van der Waals surface area contributed by atoms with Crippen LogP contribution in [0, 0.1) is 0 Å². The Morgan fingerprint density at radius 3 is 1.97 bits per heavy atom. The predicted octanol–water partition coefficient (Wildman–Crippen LogP) is 5.51. The smallest absolute Gasteiger partial charge is 0.508 e. The lowest BCUT2D eigenvalue weighted by Gasteiger charge is -2.11. The summed E-state index contributed by atoms with van der Waals surface area (Å²) in [5.41, 5.74) is -4.11. The van der Waals surface area contributed by atoms with Crippen LogP contribution in [0.2, 0.25) is 0 Å². The minimum Gasteiger partial charge on any atom is -0.508 e. The quantitative estimate of drug-likeness (QED) is 0.426. The number of hydrogen-bond donors (Lipinski definition) is 1. The van der Waals surface area contributed by atoms with Gasteiger partial charge in [0.1, 0.15) is 35.2 Å². The molecule has 2 aliphatic rings. The van der Waals surface area contributed by atoms with Gasteiger partial charge < -0.3 is 18.8 Å². The first-order chi connectivity index (χ1) is 15.6. The van der Waals surface area contributed by atoms with Gasteiger partial charge in [-0.3, -0.25) is 0 Å². The minimum absolute atomic E-state index is 0.159. The van der Waals surface area contributed by atoms with Gasteiger partial charge in [-0.25, -0.2) is 0 Å². The molecule has 0 aromatic heterocycles. The predicted molar refractivity (Wildman–Crippen MR) is 116 cm³/mol. The van der Waals surface area contributed by atoms with Crippen LogP contribution in [0.15, 0.2) is 36.4 Å². The normalized spacial score (nSPS) is 18.9. The van der Waals surface area contributed by atoms with Gasteiger partial charge in [0.05, 0.1) is 0 Å². The van der Waals surface area contributed by atoms with E-state index >= 15 is 0 Å². The van der Waals surface area contributed by atoms with Crippen molar-refractivity contribution in [3.63, 3.8) is 0 Å². The number of ether oxygens (including phenoxy) is 2. The highest BCUT2D eigenvalue weighted by Crippen LogP contribution is 2.39. The molecular weight excluding hydrogens is 461 g/mol. The molecule has 2 aliphatic heterocycles. The minimum atomic E-state index is -5.66. The van der Waals surface area contributed by atoms with E-state index < -0.39 is 15.6 Å². The number of fused-ring (bicyclic) bond motifs is 2. The van der Waals surface area contributed by atoms with E-state index in [9.17, 15) is 26.7 Å². The van der Waals surface area contributed by atoms with Gasteiger partial charge in [0.25, 0.3) is 0 Å². The Morgan fingerprint density at radius 2 is 1.45 bits per heavy atom. The van der Waals surface area contributed by atoms with Gasteiger partial charge in [-0.2, -0.15) is 21.6 Å². The molecule has 2 heterocycles. The van der Waals surface area contributed by atoms with Gasteiger partial charge in [-0.15, -0.1) is 0 Å². The number of hydrogen-bond acceptors (Lipinski definition) is 6. The van der Waals surface area contributed by atoms with Gasteiger partial charge in [-0.1, -0.05) is 38.8 Å². The second-order valence-corrected chi connectivity index (χ2v) is 9.47. The van der Waals surface area contributed by atoms with Gasteiger partial charge >= 0.3 is 15.6 Å². The van der Waals surface area contributed by atoms with Crippen molar-refractivity contribution in [1.82, 2.24) is 0 Å². The van der Waals surface area contributed by atoms with E-state index in [0.717, 1.165) is 43.4 Å². The highest BCUT2D eigenvalue weighted by molar-refractivity contribution is 7.88. The molecule has 2 aromatic rings. The molecule has 4 rings (SSSR count). The number of phenolic OH excluding ortho intramolecular Hbond substituents is 1. The second-order valence-electron chi connectivity index (χ2n) is 7.94. The Kier molecular flexibility index (Phi) is 7.66. The van der Waals surface area contributed by atoms with Gasteiger partial charge in [0.2, 0.25) is 0 Å². The van der Waals surface area contributed by atoms with Crippen LogP contribution < -0.4 is 13.7 Å². The van der Waals surface area contributed by atoms with Crippen molar-refractivity contribution in [3.05, 3.63) is 47.5 Å². The molecule has 2 aromatic carbocycles. The van der Waals surface area contributed by atoms with Crippen LogP contribution in [-0.2, 0) is 23.0 Å². The first-order valence-electron chi connectivity index (χ1n) is 10.8.